The van der Waals surface area contributed by atoms with Gasteiger partial charge in [0.15, 0.2) is 6.04 Å². The van der Waals surface area contributed by atoms with Crippen LogP contribution in [0.25, 0.3) is 0 Å². The maximum Gasteiger partial charge on any atom is 0.329 e. The van der Waals surface area contributed by atoms with Crippen molar-refractivity contribution in [3.8, 4) is 0 Å². The van der Waals surface area contributed by atoms with Gasteiger partial charge in [-0.1, -0.05) is 30.3 Å². The minimum atomic E-state index is -1.44. The number of carboxylic acid groups (broad SMARTS) is 1. The highest BCUT2D eigenvalue weighted by Crippen LogP contribution is 2.17. The molecular weight excluding hydrogens is 272 g/mol. The van der Waals surface area contributed by atoms with E-state index in [1.165, 1.54) is 24.5 Å². The lowest BCUT2D eigenvalue weighted by Crippen LogP contribution is -2.45. The summed E-state index contributed by atoms with van der Waals surface area (Å²) in [6, 6.07) is 9.80. The Morgan fingerprint density at radius 2 is 1.67 bits per heavy atom. The van der Waals surface area contributed by atoms with E-state index < -0.39 is 24.0 Å². The van der Waals surface area contributed by atoms with E-state index >= 15 is 0 Å². The monoisotopic (exact) mass is 286 g/mol. The number of carbonyl (C=O) groups excluding carboxylic acids is 1. The average Bonchev–Trinajstić information content (AvgIpc) is 2.53. The molecule has 0 saturated heterocycles. The van der Waals surface area contributed by atoms with Crippen molar-refractivity contribution < 1.29 is 19.8 Å². The molecule has 6 heteroatoms. The summed E-state index contributed by atoms with van der Waals surface area (Å²) in [6.07, 6.45) is 1.52. The molecule has 0 spiro atoms. The summed E-state index contributed by atoms with van der Waals surface area (Å²) in [5.41, 5.74) is 0.691. The predicted molar refractivity (Wildman–Crippen MR) is 74.5 cm³/mol. The second-order valence-electron chi connectivity index (χ2n) is 4.38. The van der Waals surface area contributed by atoms with E-state index in [1.54, 1.807) is 30.3 Å². The molecule has 21 heavy (non-hydrogen) atoms. The van der Waals surface area contributed by atoms with Crippen LogP contribution in [-0.2, 0) is 4.79 Å². The smallest absolute Gasteiger partial charge is 0.329 e. The zero-order valence-electron chi connectivity index (χ0n) is 11.0. The Balaban J connectivity index is 2.17. The largest absolute Gasteiger partial charge is 0.480 e. The first-order chi connectivity index (χ1) is 10.1. The molecule has 0 aliphatic heterocycles. The van der Waals surface area contributed by atoms with Crippen molar-refractivity contribution in [2.24, 2.45) is 0 Å². The third kappa shape index (κ3) is 3.64. The average molecular weight is 286 g/mol. The van der Waals surface area contributed by atoms with Crippen molar-refractivity contribution in [2.45, 2.75) is 12.1 Å². The van der Waals surface area contributed by atoms with Gasteiger partial charge in [0.05, 0.1) is 0 Å². The van der Waals surface area contributed by atoms with Gasteiger partial charge in [-0.25, -0.2) is 4.79 Å². The number of carboxylic acids is 1. The third-order valence-corrected chi connectivity index (χ3v) is 2.95. The molecule has 0 saturated carbocycles. The van der Waals surface area contributed by atoms with Crippen LogP contribution in [-0.4, -0.2) is 33.1 Å². The molecule has 108 valence electrons. The van der Waals surface area contributed by atoms with Crippen LogP contribution in [0, 0.1) is 0 Å². The molecule has 6 nitrogen and oxygen atoms in total. The third-order valence-electron chi connectivity index (χ3n) is 2.95. The minimum Gasteiger partial charge on any atom is -0.480 e. The summed E-state index contributed by atoms with van der Waals surface area (Å²) in [5.74, 6) is -1.89. The van der Waals surface area contributed by atoms with Gasteiger partial charge in [-0.2, -0.15) is 0 Å². The normalized spacial score (nSPS) is 13.2. The van der Waals surface area contributed by atoms with Gasteiger partial charge in [0.2, 0.25) is 0 Å². The summed E-state index contributed by atoms with van der Waals surface area (Å²) in [5, 5.41) is 21.7. The summed E-state index contributed by atoms with van der Waals surface area (Å²) >= 11 is 0. The Bertz CT molecular complexity index is 616. The number of hydrogen-bond donors (Lipinski definition) is 3. The quantitative estimate of drug-likeness (QED) is 0.761. The number of aliphatic carboxylic acids is 1. The molecule has 2 unspecified atom stereocenters. The lowest BCUT2D eigenvalue weighted by Gasteiger charge is -2.20. The zero-order valence-corrected chi connectivity index (χ0v) is 11.0. The summed E-state index contributed by atoms with van der Waals surface area (Å²) in [4.78, 5) is 27.1. The number of nitrogens with zero attached hydrogens (tertiary/aromatic N) is 1. The maximum atomic E-state index is 12.0. The van der Waals surface area contributed by atoms with Crippen LogP contribution in [0.2, 0.25) is 0 Å². The van der Waals surface area contributed by atoms with Gasteiger partial charge in [0, 0.05) is 18.0 Å². The first-order valence-electron chi connectivity index (χ1n) is 6.26. The topological polar surface area (TPSA) is 99.5 Å². The van der Waals surface area contributed by atoms with E-state index in [2.05, 4.69) is 10.3 Å². The number of amides is 1. The molecule has 3 N–H and O–H groups in total. The van der Waals surface area contributed by atoms with Crippen LogP contribution in [0.5, 0.6) is 0 Å². The van der Waals surface area contributed by atoms with Gasteiger partial charge in [0.25, 0.3) is 5.91 Å². The summed E-state index contributed by atoms with van der Waals surface area (Å²) < 4.78 is 0. The Kier molecular flexibility index (Phi) is 4.63. The SMILES string of the molecule is O=C(NC(C(=O)O)C(O)c1ccccc1)c1ccncc1. The number of pyridine rings is 1. The minimum absolute atomic E-state index is 0.275. The van der Waals surface area contributed by atoms with Gasteiger partial charge in [0.1, 0.15) is 6.10 Å². The Morgan fingerprint density at radius 3 is 2.24 bits per heavy atom. The number of aromatic nitrogens is 1. The van der Waals surface area contributed by atoms with Crippen molar-refractivity contribution in [3.05, 3.63) is 66.0 Å². The highest BCUT2D eigenvalue weighted by molar-refractivity contribution is 5.96. The van der Waals surface area contributed by atoms with Crippen LogP contribution < -0.4 is 5.32 Å². The second-order valence-corrected chi connectivity index (χ2v) is 4.38. The highest BCUT2D eigenvalue weighted by atomic mass is 16.4. The molecule has 0 radical (unpaired) electrons. The van der Waals surface area contributed by atoms with E-state index in [-0.39, 0.29) is 5.56 Å². The van der Waals surface area contributed by atoms with Crippen molar-refractivity contribution in [1.82, 2.24) is 10.3 Å². The molecule has 2 atom stereocenters. The number of aliphatic hydroxyl groups excluding tert-OH is 1. The predicted octanol–water partition coefficient (Wildman–Crippen LogP) is 0.998. The zero-order chi connectivity index (χ0) is 15.2. The molecule has 2 aromatic rings. The first-order valence-corrected chi connectivity index (χ1v) is 6.26. The second kappa shape index (κ2) is 6.62. The van der Waals surface area contributed by atoms with Gasteiger partial charge in [-0.3, -0.25) is 9.78 Å². The van der Waals surface area contributed by atoms with Crippen LogP contribution >= 0.6 is 0 Å². The van der Waals surface area contributed by atoms with Crippen molar-refractivity contribution in [2.75, 3.05) is 0 Å². The van der Waals surface area contributed by atoms with Crippen LogP contribution in [0.4, 0.5) is 0 Å². The molecule has 0 fully saturated rings. The molecule has 1 amide bonds. The van der Waals surface area contributed by atoms with Gasteiger partial charge in [-0.05, 0) is 17.7 Å². The number of nitrogens with one attached hydrogen (secondary N) is 1. The van der Waals surface area contributed by atoms with Crippen LogP contribution in [0.15, 0.2) is 54.9 Å². The fourth-order valence-corrected chi connectivity index (χ4v) is 1.85. The number of carbonyl (C=O) groups is 2. The van der Waals surface area contributed by atoms with E-state index in [4.69, 9.17) is 0 Å². The number of rotatable bonds is 5. The lowest BCUT2D eigenvalue weighted by molar-refractivity contribution is -0.142. The Labute approximate surface area is 121 Å². The maximum absolute atomic E-state index is 12.0. The Hall–Kier alpha value is -2.73. The van der Waals surface area contributed by atoms with Gasteiger partial charge in [-0.15, -0.1) is 0 Å². The number of benzene rings is 1. The summed E-state index contributed by atoms with van der Waals surface area (Å²) in [7, 11) is 0. The van der Waals surface area contributed by atoms with Gasteiger partial charge >= 0.3 is 5.97 Å². The molecule has 1 heterocycles. The van der Waals surface area contributed by atoms with Crippen molar-refractivity contribution in [3.63, 3.8) is 0 Å². The van der Waals surface area contributed by atoms with Gasteiger partial charge < -0.3 is 15.5 Å². The number of hydrogen-bond acceptors (Lipinski definition) is 4. The highest BCUT2D eigenvalue weighted by Gasteiger charge is 2.29. The van der Waals surface area contributed by atoms with Crippen molar-refractivity contribution in [1.29, 1.82) is 0 Å². The van der Waals surface area contributed by atoms with Crippen LogP contribution in [0.3, 0.4) is 0 Å². The summed E-state index contributed by atoms with van der Waals surface area (Å²) in [6.45, 7) is 0. The lowest BCUT2D eigenvalue weighted by atomic mass is 10.0. The Morgan fingerprint density at radius 1 is 1.05 bits per heavy atom. The van der Waals surface area contributed by atoms with E-state index in [0.717, 1.165) is 0 Å². The molecule has 0 aliphatic carbocycles. The van der Waals surface area contributed by atoms with Crippen molar-refractivity contribution >= 4 is 11.9 Å². The fraction of sp³-hybridized carbons (Fsp3) is 0.133. The van der Waals surface area contributed by atoms with E-state index in [1.807, 2.05) is 0 Å². The molecule has 0 bridgehead atoms. The standard InChI is InChI=1S/C15H14N2O4/c18-13(10-4-2-1-3-5-10)12(15(20)21)17-14(19)11-6-8-16-9-7-11/h1-9,12-13,18H,(H,17,19)(H,20,21). The number of aliphatic hydroxyl groups is 1. The van der Waals surface area contributed by atoms with Crippen LogP contribution in [0.1, 0.15) is 22.0 Å². The van der Waals surface area contributed by atoms with E-state index in [9.17, 15) is 19.8 Å². The molecule has 1 aromatic heterocycles. The first kappa shape index (κ1) is 14.7. The van der Waals surface area contributed by atoms with E-state index in [0.29, 0.717) is 5.56 Å². The molecule has 2 rings (SSSR count). The fourth-order valence-electron chi connectivity index (χ4n) is 1.85. The molecule has 0 aliphatic rings. The molecule has 1 aromatic carbocycles. The molecular formula is C15H14N2O4.